The Bertz CT molecular complexity index is 1110. The van der Waals surface area contributed by atoms with Crippen molar-refractivity contribution in [2.75, 3.05) is 6.54 Å². The van der Waals surface area contributed by atoms with Gasteiger partial charge in [0.25, 0.3) is 5.56 Å². The predicted octanol–water partition coefficient (Wildman–Crippen LogP) is 0.803. The lowest BCUT2D eigenvalue weighted by atomic mass is 9.97. The minimum Gasteiger partial charge on any atom is -0.337 e. The number of halogens is 1. The molecule has 2 heterocycles. The van der Waals surface area contributed by atoms with E-state index in [4.69, 9.17) is 11.6 Å². The van der Waals surface area contributed by atoms with E-state index >= 15 is 0 Å². The summed E-state index contributed by atoms with van der Waals surface area (Å²) in [7, 11) is 2.78. The van der Waals surface area contributed by atoms with Crippen molar-refractivity contribution in [3.05, 3.63) is 37.8 Å². The number of hydrogen-bond donors (Lipinski definition) is 2. The second kappa shape index (κ2) is 8.64. The maximum Gasteiger partial charge on any atom is 0.332 e. The number of carbonyl (C=O) groups excluding carboxylic acids is 2. The van der Waals surface area contributed by atoms with E-state index in [0.29, 0.717) is 6.54 Å². The van der Waals surface area contributed by atoms with E-state index in [0.717, 1.165) is 23.8 Å². The molecule has 156 valence electrons. The van der Waals surface area contributed by atoms with Gasteiger partial charge in [-0.2, -0.15) is 4.98 Å². The molecule has 3 rings (SSSR count). The number of imidazole rings is 1. The van der Waals surface area contributed by atoms with Crippen LogP contribution in [0.2, 0.25) is 5.28 Å². The van der Waals surface area contributed by atoms with Crippen LogP contribution in [0.5, 0.6) is 0 Å². The highest BCUT2D eigenvalue weighted by molar-refractivity contribution is 6.29. The molecular formula is C18H23ClN6O4. The summed E-state index contributed by atoms with van der Waals surface area (Å²) in [6, 6.07) is -0.618. The Kier molecular flexibility index (Phi) is 6.21. The highest BCUT2D eigenvalue weighted by atomic mass is 35.5. The number of fused-ring (bicyclic) bond motifs is 1. The Morgan fingerprint density at radius 2 is 1.97 bits per heavy atom. The third-order valence-corrected chi connectivity index (χ3v) is 5.26. The van der Waals surface area contributed by atoms with Crippen molar-refractivity contribution in [3.8, 4) is 0 Å². The zero-order valence-corrected chi connectivity index (χ0v) is 17.1. The number of hydrogen-bond acceptors (Lipinski definition) is 5. The first-order chi connectivity index (χ1) is 13.8. The highest BCUT2D eigenvalue weighted by Crippen LogP contribution is 2.19. The SMILES string of the molecule is Cn1c(=O)c2c(nc(Cl)n2CC(=O)NC(=O)NCCC2=CCCCC2)n(C)c1=O. The van der Waals surface area contributed by atoms with E-state index < -0.39 is 23.2 Å². The molecule has 0 bridgehead atoms. The summed E-state index contributed by atoms with van der Waals surface area (Å²) in [5, 5.41) is 4.74. The molecule has 1 aliphatic rings. The lowest BCUT2D eigenvalue weighted by Crippen LogP contribution is -2.42. The fraction of sp³-hybridized carbons (Fsp3) is 0.500. The predicted molar refractivity (Wildman–Crippen MR) is 108 cm³/mol. The van der Waals surface area contributed by atoms with Gasteiger partial charge in [0.1, 0.15) is 6.54 Å². The molecule has 1 aliphatic carbocycles. The Labute approximate surface area is 171 Å². The fourth-order valence-electron chi connectivity index (χ4n) is 3.39. The van der Waals surface area contributed by atoms with Crippen molar-refractivity contribution < 1.29 is 9.59 Å². The molecule has 10 nitrogen and oxygen atoms in total. The summed E-state index contributed by atoms with van der Waals surface area (Å²) >= 11 is 6.07. The summed E-state index contributed by atoms with van der Waals surface area (Å²) in [6.07, 6.45) is 7.45. The van der Waals surface area contributed by atoms with Crippen molar-refractivity contribution in [2.45, 2.75) is 38.6 Å². The third-order valence-electron chi connectivity index (χ3n) is 4.97. The molecule has 2 aromatic rings. The van der Waals surface area contributed by atoms with Crippen LogP contribution in [0.3, 0.4) is 0 Å². The zero-order chi connectivity index (χ0) is 21.1. The van der Waals surface area contributed by atoms with Gasteiger partial charge >= 0.3 is 11.7 Å². The van der Waals surface area contributed by atoms with Crippen LogP contribution < -0.4 is 21.9 Å². The molecule has 0 saturated carbocycles. The maximum absolute atomic E-state index is 12.4. The molecule has 0 radical (unpaired) electrons. The number of carbonyl (C=O) groups is 2. The highest BCUT2D eigenvalue weighted by Gasteiger charge is 2.20. The molecule has 29 heavy (non-hydrogen) atoms. The van der Waals surface area contributed by atoms with Gasteiger partial charge in [0.2, 0.25) is 11.2 Å². The van der Waals surface area contributed by atoms with Crippen LogP contribution in [-0.4, -0.2) is 37.2 Å². The van der Waals surface area contributed by atoms with E-state index in [1.165, 1.54) is 41.6 Å². The molecule has 0 unspecified atom stereocenters. The van der Waals surface area contributed by atoms with E-state index in [2.05, 4.69) is 21.7 Å². The lowest BCUT2D eigenvalue weighted by molar-refractivity contribution is -0.120. The van der Waals surface area contributed by atoms with Crippen LogP contribution in [0.15, 0.2) is 21.2 Å². The number of imide groups is 1. The molecule has 3 amide bonds. The van der Waals surface area contributed by atoms with Gasteiger partial charge in [-0.15, -0.1) is 0 Å². The average Bonchev–Trinajstić information content (AvgIpc) is 3.01. The summed E-state index contributed by atoms with van der Waals surface area (Å²) in [4.78, 5) is 52.7. The summed E-state index contributed by atoms with van der Waals surface area (Å²) < 4.78 is 3.25. The molecule has 0 saturated heterocycles. The Hall–Kier alpha value is -2.88. The van der Waals surface area contributed by atoms with Gasteiger partial charge in [0, 0.05) is 20.6 Å². The Morgan fingerprint density at radius 1 is 1.21 bits per heavy atom. The molecule has 2 N–H and O–H groups in total. The van der Waals surface area contributed by atoms with Crippen LogP contribution >= 0.6 is 11.6 Å². The number of allylic oxidation sites excluding steroid dienone is 1. The maximum atomic E-state index is 12.4. The van der Waals surface area contributed by atoms with Gasteiger partial charge in [-0.25, -0.2) is 9.59 Å². The van der Waals surface area contributed by atoms with Gasteiger partial charge in [-0.1, -0.05) is 11.6 Å². The smallest absolute Gasteiger partial charge is 0.332 e. The lowest BCUT2D eigenvalue weighted by Gasteiger charge is -2.13. The monoisotopic (exact) mass is 422 g/mol. The van der Waals surface area contributed by atoms with Crippen molar-refractivity contribution in [1.29, 1.82) is 0 Å². The second-order valence-corrected chi connectivity index (χ2v) is 7.35. The molecule has 0 spiro atoms. The van der Waals surface area contributed by atoms with E-state index in [1.54, 1.807) is 0 Å². The van der Waals surface area contributed by atoms with Crippen molar-refractivity contribution >= 4 is 34.7 Å². The van der Waals surface area contributed by atoms with Crippen molar-refractivity contribution in [3.63, 3.8) is 0 Å². The van der Waals surface area contributed by atoms with Crippen molar-refractivity contribution in [1.82, 2.24) is 29.3 Å². The first-order valence-corrected chi connectivity index (χ1v) is 9.74. The molecule has 11 heteroatoms. The standard InChI is InChI=1S/C18H23ClN6O4/c1-23-14-13(15(27)24(2)18(23)29)25(16(19)22-14)10-12(26)21-17(28)20-9-8-11-6-4-3-5-7-11/h6H,3-5,7-10H2,1-2H3,(H2,20,21,26,28). The molecular weight excluding hydrogens is 400 g/mol. The first kappa shape index (κ1) is 20.8. The van der Waals surface area contributed by atoms with Gasteiger partial charge in [-0.05, 0) is 43.7 Å². The van der Waals surface area contributed by atoms with Gasteiger partial charge in [0.15, 0.2) is 11.2 Å². The topological polar surface area (TPSA) is 120 Å². The normalized spacial score (nSPS) is 14.0. The number of nitrogens with one attached hydrogen (secondary N) is 2. The van der Waals surface area contributed by atoms with Crippen LogP contribution in [0.25, 0.3) is 11.2 Å². The average molecular weight is 423 g/mol. The quantitative estimate of drug-likeness (QED) is 0.545. The van der Waals surface area contributed by atoms with Gasteiger partial charge < -0.3 is 5.32 Å². The third kappa shape index (κ3) is 4.42. The van der Waals surface area contributed by atoms with Crippen molar-refractivity contribution in [2.24, 2.45) is 14.1 Å². The first-order valence-electron chi connectivity index (χ1n) is 9.37. The summed E-state index contributed by atoms with van der Waals surface area (Å²) in [6.45, 7) is 0.0454. The molecule has 0 fully saturated rings. The van der Waals surface area contributed by atoms with Crippen LogP contribution in [0.1, 0.15) is 32.1 Å². The van der Waals surface area contributed by atoms with Crippen LogP contribution in [0, 0.1) is 0 Å². The number of aromatic nitrogens is 4. The fourth-order valence-corrected chi connectivity index (χ4v) is 3.61. The van der Waals surface area contributed by atoms with Crippen LogP contribution in [-0.2, 0) is 25.4 Å². The molecule has 0 aliphatic heterocycles. The largest absolute Gasteiger partial charge is 0.337 e. The van der Waals surface area contributed by atoms with Gasteiger partial charge in [0.05, 0.1) is 0 Å². The number of nitrogens with zero attached hydrogens (tertiary/aromatic N) is 4. The Balaban J connectivity index is 1.66. The zero-order valence-electron chi connectivity index (χ0n) is 16.3. The molecule has 2 aromatic heterocycles. The molecule has 0 aromatic carbocycles. The summed E-state index contributed by atoms with van der Waals surface area (Å²) in [5.41, 5.74) is 0.225. The second-order valence-electron chi connectivity index (χ2n) is 7.01. The Morgan fingerprint density at radius 3 is 2.66 bits per heavy atom. The van der Waals surface area contributed by atoms with E-state index in [9.17, 15) is 19.2 Å². The van der Waals surface area contributed by atoms with E-state index in [-0.39, 0.29) is 23.0 Å². The number of aryl methyl sites for hydroxylation is 1. The number of rotatable bonds is 5. The number of urea groups is 1. The minimum atomic E-state index is -0.656. The van der Waals surface area contributed by atoms with Gasteiger partial charge in [-0.3, -0.25) is 28.6 Å². The van der Waals surface area contributed by atoms with Crippen LogP contribution in [0.4, 0.5) is 4.79 Å². The van der Waals surface area contributed by atoms with E-state index in [1.807, 2.05) is 0 Å². The molecule has 0 atom stereocenters. The number of amides is 3. The summed E-state index contributed by atoms with van der Waals surface area (Å²) in [5.74, 6) is -0.656. The minimum absolute atomic E-state index is 0.0133.